The fraction of sp³-hybridized carbons (Fsp3) is 0.711. The van der Waals surface area contributed by atoms with Crippen LogP contribution in [0.2, 0.25) is 0 Å². The molecule has 55 heavy (non-hydrogen) atoms. The van der Waals surface area contributed by atoms with Gasteiger partial charge in [-0.15, -0.1) is 10.2 Å². The summed E-state index contributed by atoms with van der Waals surface area (Å²) in [6, 6.07) is 3.47. The summed E-state index contributed by atoms with van der Waals surface area (Å²) in [6.45, 7) is 19.2. The molecule has 1 aromatic carbocycles. The molecule has 2 aromatic rings. The zero-order valence-electron chi connectivity index (χ0n) is 33.3. The van der Waals surface area contributed by atoms with Gasteiger partial charge in [0.15, 0.2) is 5.82 Å². The molecule has 304 valence electrons. The normalized spacial score (nSPS) is 21.6. The third-order valence-electron chi connectivity index (χ3n) is 11.2. The molecule has 0 unspecified atom stereocenters. The van der Waals surface area contributed by atoms with Crippen LogP contribution in [0.1, 0.15) is 90.9 Å². The van der Waals surface area contributed by atoms with E-state index in [1.54, 1.807) is 30.0 Å². The summed E-state index contributed by atoms with van der Waals surface area (Å²) in [4.78, 5) is 36.6. The van der Waals surface area contributed by atoms with Crippen molar-refractivity contribution in [1.82, 2.24) is 38.9 Å². The summed E-state index contributed by atoms with van der Waals surface area (Å²) >= 11 is 0. The van der Waals surface area contributed by atoms with E-state index in [1.165, 1.54) is 28.8 Å². The molecule has 0 radical (unpaired) electrons. The number of hydrogen-bond donors (Lipinski definition) is 1. The Kier molecular flexibility index (Phi) is 12.2. The van der Waals surface area contributed by atoms with Crippen molar-refractivity contribution in [2.75, 3.05) is 63.8 Å². The van der Waals surface area contributed by atoms with Crippen LogP contribution in [0.15, 0.2) is 24.5 Å². The lowest BCUT2D eigenvalue weighted by molar-refractivity contribution is 0.0506. The number of alkyl carbamates (subject to hydrolysis) is 1. The van der Waals surface area contributed by atoms with E-state index < -0.39 is 27.7 Å². The highest BCUT2D eigenvalue weighted by atomic mass is 32.2. The highest BCUT2D eigenvalue weighted by Crippen LogP contribution is 2.45. The molecule has 1 spiro atoms. The molecule has 4 fully saturated rings. The number of carbonyl (C=O) groups excluding carboxylic acids is 2. The van der Waals surface area contributed by atoms with Gasteiger partial charge in [0.05, 0.1) is 5.56 Å². The second kappa shape index (κ2) is 16.4. The Hall–Kier alpha value is -3.67. The number of anilines is 1. The molecule has 4 aliphatic rings. The highest BCUT2D eigenvalue weighted by molar-refractivity contribution is 7.86. The van der Waals surface area contributed by atoms with Gasteiger partial charge in [-0.25, -0.2) is 14.2 Å². The SMILES string of the molecule is CC(C)N(C(=O)c1cc(F)ccc1Oc1nncnc1N1CC2(CCN(CC3CCN(S(=O)(=O)N4CC[C@@H](NC(=O)OC(C)(C)C)C4)CC3)CC2)C1)C(C)C. The molecule has 2 amide bonds. The van der Waals surface area contributed by atoms with E-state index in [2.05, 4.69) is 30.3 Å². The average Bonchev–Trinajstić information content (AvgIpc) is 3.57. The topological polar surface area (TPSA) is 154 Å². The first kappa shape index (κ1) is 41.0. The molecule has 15 nitrogen and oxygen atoms in total. The number of nitrogens with one attached hydrogen (secondary N) is 1. The first-order valence-corrected chi connectivity index (χ1v) is 21.0. The Bertz CT molecular complexity index is 1780. The molecule has 0 saturated carbocycles. The van der Waals surface area contributed by atoms with E-state index in [4.69, 9.17) is 9.47 Å². The minimum atomic E-state index is -3.60. The van der Waals surface area contributed by atoms with Crippen molar-refractivity contribution in [2.45, 2.75) is 104 Å². The van der Waals surface area contributed by atoms with Crippen molar-refractivity contribution in [3.05, 3.63) is 35.9 Å². The third kappa shape index (κ3) is 9.66. The summed E-state index contributed by atoms with van der Waals surface area (Å²) in [7, 11) is -3.60. The van der Waals surface area contributed by atoms with Gasteiger partial charge < -0.3 is 29.5 Å². The van der Waals surface area contributed by atoms with Crippen molar-refractivity contribution in [1.29, 1.82) is 0 Å². The van der Waals surface area contributed by atoms with E-state index in [0.717, 1.165) is 58.4 Å². The largest absolute Gasteiger partial charge is 0.444 e. The molecule has 4 aliphatic heterocycles. The lowest BCUT2D eigenvalue weighted by atomic mass is 9.72. The predicted octanol–water partition coefficient (Wildman–Crippen LogP) is 4.52. The zero-order valence-corrected chi connectivity index (χ0v) is 34.1. The molecule has 1 atom stereocenters. The summed E-state index contributed by atoms with van der Waals surface area (Å²) in [5.74, 6) is 0.493. The number of halogens is 1. The lowest BCUT2D eigenvalue weighted by Crippen LogP contribution is -2.61. The Morgan fingerprint density at radius 2 is 1.65 bits per heavy atom. The van der Waals surface area contributed by atoms with Crippen LogP contribution in [0.5, 0.6) is 11.6 Å². The number of rotatable bonds is 11. The smallest absolute Gasteiger partial charge is 0.407 e. The standard InChI is InChI=1S/C38H58FN9O6S/c1-26(2)48(27(3)4)35(49)31-20-29(39)8-9-32(31)53-34-33(40-25-41-43-34)45-23-38(24-45)13-18-44(19-14-38)21-28-10-15-46(16-11-28)55(51,52)47-17-12-30(22-47)42-36(50)54-37(5,6)7/h8-9,20,25-28,30H,10-19,21-24H2,1-7H3,(H,42,50)/t30-/m1/s1. The number of likely N-dealkylation sites (tertiary alicyclic amines) is 1. The van der Waals surface area contributed by atoms with Gasteiger partial charge in [0.25, 0.3) is 22.0 Å². The highest BCUT2D eigenvalue weighted by Gasteiger charge is 2.47. The molecule has 5 heterocycles. The quantitative estimate of drug-likeness (QED) is 0.342. The van der Waals surface area contributed by atoms with E-state index in [0.29, 0.717) is 37.8 Å². The number of ether oxygens (including phenoxy) is 2. The Morgan fingerprint density at radius 3 is 2.29 bits per heavy atom. The maximum absolute atomic E-state index is 14.4. The number of hydrogen-bond acceptors (Lipinski definition) is 11. The number of amides is 2. The van der Waals surface area contributed by atoms with Crippen molar-refractivity contribution in [3.8, 4) is 11.6 Å². The zero-order chi connectivity index (χ0) is 39.7. The molecule has 1 N–H and O–H groups in total. The molecule has 0 aliphatic carbocycles. The minimum absolute atomic E-state index is 0.0926. The summed E-state index contributed by atoms with van der Waals surface area (Å²) in [6.07, 6.45) is 5.13. The second-order valence-electron chi connectivity index (χ2n) is 17.2. The summed E-state index contributed by atoms with van der Waals surface area (Å²) in [5.41, 5.74) is -0.348. The van der Waals surface area contributed by atoms with Crippen LogP contribution in [0.4, 0.5) is 15.0 Å². The fourth-order valence-electron chi connectivity index (χ4n) is 8.43. The molecular weight excluding hydrogens is 730 g/mol. The molecule has 0 bridgehead atoms. The number of carbonyl (C=O) groups is 2. The van der Waals surface area contributed by atoms with Gasteiger partial charge in [-0.2, -0.15) is 17.0 Å². The van der Waals surface area contributed by atoms with E-state index in [-0.39, 0.29) is 53.2 Å². The van der Waals surface area contributed by atoms with Gasteiger partial charge in [0.2, 0.25) is 0 Å². The van der Waals surface area contributed by atoms with E-state index in [9.17, 15) is 22.4 Å². The number of piperidine rings is 2. The van der Waals surface area contributed by atoms with Crippen molar-refractivity contribution in [2.24, 2.45) is 11.3 Å². The van der Waals surface area contributed by atoms with Crippen LogP contribution in [0, 0.1) is 17.2 Å². The maximum Gasteiger partial charge on any atom is 0.407 e. The van der Waals surface area contributed by atoms with Gasteiger partial charge in [0, 0.05) is 69.4 Å². The van der Waals surface area contributed by atoms with E-state index in [1.807, 2.05) is 27.7 Å². The molecule has 4 saturated heterocycles. The third-order valence-corrected chi connectivity index (χ3v) is 13.2. The van der Waals surface area contributed by atoms with E-state index >= 15 is 0 Å². The maximum atomic E-state index is 14.4. The summed E-state index contributed by atoms with van der Waals surface area (Å²) < 4.78 is 56.0. The summed E-state index contributed by atoms with van der Waals surface area (Å²) in [5, 5.41) is 11.0. The van der Waals surface area contributed by atoms with Crippen LogP contribution in [0.3, 0.4) is 0 Å². The first-order valence-electron chi connectivity index (χ1n) is 19.6. The van der Waals surface area contributed by atoms with Gasteiger partial charge in [-0.05, 0) is 118 Å². The molecule has 6 rings (SSSR count). The lowest BCUT2D eigenvalue weighted by Gasteiger charge is -2.54. The molecule has 17 heteroatoms. The van der Waals surface area contributed by atoms with Crippen LogP contribution < -0.4 is 15.0 Å². The van der Waals surface area contributed by atoms with Crippen LogP contribution in [-0.4, -0.2) is 137 Å². The average molecular weight is 788 g/mol. The van der Waals surface area contributed by atoms with Crippen molar-refractivity contribution in [3.63, 3.8) is 0 Å². The number of aromatic nitrogens is 3. The fourth-order valence-corrected chi connectivity index (χ4v) is 10.1. The Balaban J connectivity index is 0.971. The van der Waals surface area contributed by atoms with Gasteiger partial charge >= 0.3 is 6.09 Å². The van der Waals surface area contributed by atoms with Gasteiger partial charge in [-0.3, -0.25) is 4.79 Å². The van der Waals surface area contributed by atoms with Crippen LogP contribution >= 0.6 is 0 Å². The van der Waals surface area contributed by atoms with Crippen LogP contribution in [-0.2, 0) is 14.9 Å². The molecule has 1 aromatic heterocycles. The molecular formula is C38H58FN9O6S. The number of benzene rings is 1. The van der Waals surface area contributed by atoms with Gasteiger partial charge in [-0.1, -0.05) is 0 Å². The second-order valence-corrected chi connectivity index (χ2v) is 19.2. The Morgan fingerprint density at radius 1 is 1.00 bits per heavy atom. The van der Waals surface area contributed by atoms with Crippen molar-refractivity contribution < 1.29 is 31.9 Å². The van der Waals surface area contributed by atoms with Crippen LogP contribution in [0.25, 0.3) is 0 Å². The minimum Gasteiger partial charge on any atom is -0.444 e. The van der Waals surface area contributed by atoms with Gasteiger partial charge in [0.1, 0.15) is 23.5 Å². The predicted molar refractivity (Wildman–Crippen MR) is 206 cm³/mol. The first-order chi connectivity index (χ1) is 25.9. The van der Waals surface area contributed by atoms with Crippen molar-refractivity contribution >= 4 is 28.0 Å². The number of nitrogens with zero attached hydrogens (tertiary/aromatic N) is 8. The monoisotopic (exact) mass is 787 g/mol. The Labute approximate surface area is 325 Å².